The molecule has 0 aliphatic rings. The highest BCUT2D eigenvalue weighted by atomic mass is 35.5. The Bertz CT molecular complexity index is 556. The lowest BCUT2D eigenvalue weighted by Crippen LogP contribution is -2.06. The van der Waals surface area contributed by atoms with Crippen LogP contribution in [0.1, 0.15) is 32.0 Å². The first-order valence-corrected chi connectivity index (χ1v) is 7.58. The number of aryl methyl sites for hydroxylation is 1. The van der Waals surface area contributed by atoms with Gasteiger partial charge in [0.15, 0.2) is 0 Å². The van der Waals surface area contributed by atoms with Crippen molar-refractivity contribution in [2.75, 3.05) is 13.2 Å². The molecule has 0 radical (unpaired) electrons. The van der Waals surface area contributed by atoms with E-state index in [2.05, 4.69) is 11.9 Å². The van der Waals surface area contributed by atoms with Gasteiger partial charge in [-0.25, -0.2) is 9.37 Å². The monoisotopic (exact) mass is 298 g/mol. The van der Waals surface area contributed by atoms with Crippen LogP contribution in [0.15, 0.2) is 18.2 Å². The molecule has 1 aromatic heterocycles. The average Bonchev–Trinajstić information content (AvgIpc) is 2.79. The van der Waals surface area contributed by atoms with Gasteiger partial charge in [0.2, 0.25) is 0 Å². The molecule has 0 saturated heterocycles. The van der Waals surface area contributed by atoms with E-state index in [4.69, 9.17) is 16.3 Å². The topological polar surface area (TPSA) is 27.1 Å². The number of hydrogen-bond acceptors (Lipinski definition) is 2. The zero-order valence-electron chi connectivity index (χ0n) is 11.7. The van der Waals surface area contributed by atoms with Gasteiger partial charge < -0.3 is 9.30 Å². The van der Waals surface area contributed by atoms with Crippen LogP contribution in [0.3, 0.4) is 0 Å². The van der Waals surface area contributed by atoms with Gasteiger partial charge in [-0.1, -0.05) is 13.3 Å². The lowest BCUT2D eigenvalue weighted by Gasteiger charge is -2.08. The predicted molar refractivity (Wildman–Crippen MR) is 79.6 cm³/mol. The Morgan fingerprint density at radius 3 is 2.85 bits per heavy atom. The van der Waals surface area contributed by atoms with E-state index in [0.717, 1.165) is 50.4 Å². The molecule has 0 N–H and O–H groups in total. The third-order valence-electron chi connectivity index (χ3n) is 3.22. The number of halogens is 2. The predicted octanol–water partition coefficient (Wildman–Crippen LogP) is 4.12. The van der Waals surface area contributed by atoms with Crippen LogP contribution in [-0.2, 0) is 17.2 Å². The van der Waals surface area contributed by atoms with E-state index in [-0.39, 0.29) is 5.82 Å². The molecule has 0 bridgehead atoms. The fourth-order valence-electron chi connectivity index (χ4n) is 2.18. The molecule has 0 amide bonds. The molecule has 0 atom stereocenters. The number of unbranched alkanes of at least 4 members (excludes halogenated alkanes) is 1. The summed E-state index contributed by atoms with van der Waals surface area (Å²) in [6.45, 7) is 4.47. The van der Waals surface area contributed by atoms with Gasteiger partial charge in [-0.15, -0.1) is 11.6 Å². The van der Waals surface area contributed by atoms with Crippen molar-refractivity contribution >= 4 is 22.6 Å². The van der Waals surface area contributed by atoms with Crippen molar-refractivity contribution in [2.24, 2.45) is 0 Å². The maximum atomic E-state index is 13.2. The quantitative estimate of drug-likeness (QED) is 0.541. The number of imidazole rings is 1. The smallest absolute Gasteiger partial charge is 0.125 e. The highest BCUT2D eigenvalue weighted by molar-refractivity contribution is 6.16. The largest absolute Gasteiger partial charge is 0.381 e. The second kappa shape index (κ2) is 7.60. The molecule has 0 unspecified atom stereocenters. The van der Waals surface area contributed by atoms with Crippen molar-refractivity contribution in [3.05, 3.63) is 29.8 Å². The number of ether oxygens (including phenoxy) is 1. The standard InChI is InChI=1S/C15H20ClFN2O/c1-2-3-8-20-9-4-7-19-14-6-5-12(17)10-13(14)18-15(19)11-16/h5-6,10H,2-4,7-9,11H2,1H3. The fraction of sp³-hybridized carbons (Fsp3) is 0.533. The van der Waals surface area contributed by atoms with Gasteiger partial charge in [0.1, 0.15) is 11.6 Å². The Morgan fingerprint density at radius 1 is 1.30 bits per heavy atom. The van der Waals surface area contributed by atoms with Gasteiger partial charge in [-0.05, 0) is 25.0 Å². The summed E-state index contributed by atoms with van der Waals surface area (Å²) in [6.07, 6.45) is 3.14. The van der Waals surface area contributed by atoms with Crippen LogP contribution in [-0.4, -0.2) is 22.8 Å². The van der Waals surface area contributed by atoms with Crippen molar-refractivity contribution in [1.29, 1.82) is 0 Å². The maximum absolute atomic E-state index is 13.2. The Morgan fingerprint density at radius 2 is 2.10 bits per heavy atom. The SMILES string of the molecule is CCCCOCCCn1c(CCl)nc2cc(F)ccc21. The van der Waals surface area contributed by atoms with Crippen molar-refractivity contribution in [3.63, 3.8) is 0 Å². The van der Waals surface area contributed by atoms with E-state index in [9.17, 15) is 4.39 Å². The van der Waals surface area contributed by atoms with E-state index in [1.165, 1.54) is 12.1 Å². The van der Waals surface area contributed by atoms with Gasteiger partial charge in [-0.2, -0.15) is 0 Å². The number of rotatable bonds is 8. The van der Waals surface area contributed by atoms with E-state index in [1.807, 2.05) is 4.57 Å². The normalized spacial score (nSPS) is 11.3. The summed E-state index contributed by atoms with van der Waals surface area (Å²) >= 11 is 5.92. The lowest BCUT2D eigenvalue weighted by atomic mass is 10.3. The number of nitrogens with zero attached hydrogens (tertiary/aromatic N) is 2. The first kappa shape index (κ1) is 15.3. The van der Waals surface area contributed by atoms with Gasteiger partial charge in [-0.3, -0.25) is 0 Å². The van der Waals surface area contributed by atoms with Crippen LogP contribution in [0.2, 0.25) is 0 Å². The van der Waals surface area contributed by atoms with Gasteiger partial charge in [0.05, 0.1) is 16.9 Å². The molecule has 0 aliphatic carbocycles. The van der Waals surface area contributed by atoms with E-state index in [1.54, 1.807) is 6.07 Å². The zero-order chi connectivity index (χ0) is 14.4. The molecule has 1 heterocycles. The molecule has 5 heteroatoms. The maximum Gasteiger partial charge on any atom is 0.125 e. The third kappa shape index (κ3) is 3.70. The Hall–Kier alpha value is -1.13. The molecule has 3 nitrogen and oxygen atoms in total. The van der Waals surface area contributed by atoms with Crippen LogP contribution in [0, 0.1) is 5.82 Å². The summed E-state index contributed by atoms with van der Waals surface area (Å²) < 4.78 is 20.8. The zero-order valence-corrected chi connectivity index (χ0v) is 12.5. The minimum Gasteiger partial charge on any atom is -0.381 e. The van der Waals surface area contributed by atoms with Crippen LogP contribution >= 0.6 is 11.6 Å². The van der Waals surface area contributed by atoms with Crippen molar-refractivity contribution in [2.45, 2.75) is 38.6 Å². The molecular weight excluding hydrogens is 279 g/mol. The Labute approximate surface area is 123 Å². The lowest BCUT2D eigenvalue weighted by molar-refractivity contribution is 0.126. The number of alkyl halides is 1. The number of benzene rings is 1. The number of aromatic nitrogens is 2. The fourth-order valence-corrected chi connectivity index (χ4v) is 2.38. The Kier molecular flexibility index (Phi) is 5.80. The third-order valence-corrected chi connectivity index (χ3v) is 3.46. The molecule has 0 saturated carbocycles. The van der Waals surface area contributed by atoms with Crippen LogP contribution in [0.25, 0.3) is 11.0 Å². The summed E-state index contributed by atoms with van der Waals surface area (Å²) in [6, 6.07) is 4.65. The molecule has 110 valence electrons. The molecule has 20 heavy (non-hydrogen) atoms. The summed E-state index contributed by atoms with van der Waals surface area (Å²) in [5, 5.41) is 0. The Balaban J connectivity index is 2.01. The summed E-state index contributed by atoms with van der Waals surface area (Å²) in [4.78, 5) is 4.37. The highest BCUT2D eigenvalue weighted by Crippen LogP contribution is 2.19. The molecule has 2 rings (SSSR count). The molecule has 0 spiro atoms. The van der Waals surface area contributed by atoms with Crippen molar-refractivity contribution < 1.29 is 9.13 Å². The average molecular weight is 299 g/mol. The van der Waals surface area contributed by atoms with Crippen molar-refractivity contribution in [3.8, 4) is 0 Å². The minimum atomic E-state index is -0.272. The molecular formula is C15H20ClFN2O. The first-order valence-electron chi connectivity index (χ1n) is 7.04. The minimum absolute atomic E-state index is 0.272. The van der Waals surface area contributed by atoms with Crippen molar-refractivity contribution in [1.82, 2.24) is 9.55 Å². The second-order valence-corrected chi connectivity index (χ2v) is 5.03. The van der Waals surface area contributed by atoms with Gasteiger partial charge >= 0.3 is 0 Å². The highest BCUT2D eigenvalue weighted by Gasteiger charge is 2.10. The van der Waals surface area contributed by atoms with Crippen LogP contribution in [0.5, 0.6) is 0 Å². The van der Waals surface area contributed by atoms with Crippen LogP contribution < -0.4 is 0 Å². The van der Waals surface area contributed by atoms with E-state index >= 15 is 0 Å². The number of hydrogen-bond donors (Lipinski definition) is 0. The number of fused-ring (bicyclic) bond motifs is 1. The first-order chi connectivity index (χ1) is 9.76. The molecule has 1 aromatic carbocycles. The van der Waals surface area contributed by atoms with E-state index in [0.29, 0.717) is 11.4 Å². The van der Waals surface area contributed by atoms with Gasteiger partial charge in [0.25, 0.3) is 0 Å². The van der Waals surface area contributed by atoms with Gasteiger partial charge in [0, 0.05) is 25.8 Å². The van der Waals surface area contributed by atoms with E-state index < -0.39 is 0 Å². The summed E-state index contributed by atoms with van der Waals surface area (Å²) in [5.74, 6) is 0.833. The molecule has 2 aromatic rings. The molecule has 0 aliphatic heterocycles. The second-order valence-electron chi connectivity index (χ2n) is 4.77. The van der Waals surface area contributed by atoms with Crippen LogP contribution in [0.4, 0.5) is 4.39 Å². The molecule has 0 fully saturated rings. The summed E-state index contributed by atoms with van der Waals surface area (Å²) in [7, 11) is 0. The summed E-state index contributed by atoms with van der Waals surface area (Å²) in [5.41, 5.74) is 1.59.